The first-order chi connectivity index (χ1) is 13.0. The van der Waals surface area contributed by atoms with Gasteiger partial charge in [-0.15, -0.1) is 0 Å². The van der Waals surface area contributed by atoms with E-state index in [2.05, 4.69) is 10.6 Å². The number of urea groups is 1. The van der Waals surface area contributed by atoms with E-state index in [0.29, 0.717) is 12.3 Å². The van der Waals surface area contributed by atoms with Crippen LogP contribution in [0.5, 0.6) is 0 Å². The van der Waals surface area contributed by atoms with Crippen molar-refractivity contribution < 1.29 is 14.4 Å². The highest BCUT2D eigenvalue weighted by atomic mass is 16.2. The molecule has 2 aliphatic carbocycles. The fourth-order valence-corrected chi connectivity index (χ4v) is 4.56. The summed E-state index contributed by atoms with van der Waals surface area (Å²) < 4.78 is 0. The van der Waals surface area contributed by atoms with Gasteiger partial charge in [0.1, 0.15) is 12.1 Å². The van der Waals surface area contributed by atoms with E-state index in [1.807, 2.05) is 37.3 Å². The van der Waals surface area contributed by atoms with E-state index in [4.69, 9.17) is 0 Å². The number of carbonyl (C=O) groups excluding carboxylic acids is 3. The molecule has 6 heteroatoms. The highest BCUT2D eigenvalue weighted by molar-refractivity contribution is 6.09. The van der Waals surface area contributed by atoms with Crippen molar-refractivity contribution in [1.29, 1.82) is 0 Å². The molecule has 1 aliphatic heterocycles. The summed E-state index contributed by atoms with van der Waals surface area (Å²) in [7, 11) is 0. The van der Waals surface area contributed by atoms with E-state index in [0.717, 1.165) is 42.6 Å². The molecule has 1 aromatic rings. The second-order valence-electron chi connectivity index (χ2n) is 8.23. The lowest BCUT2D eigenvalue weighted by Gasteiger charge is -2.36. The van der Waals surface area contributed by atoms with Crippen molar-refractivity contribution in [3.8, 4) is 0 Å². The van der Waals surface area contributed by atoms with Gasteiger partial charge in [0.05, 0.1) is 6.04 Å². The van der Waals surface area contributed by atoms with Gasteiger partial charge in [-0.05, 0) is 43.1 Å². The Labute approximate surface area is 159 Å². The van der Waals surface area contributed by atoms with E-state index in [9.17, 15) is 14.4 Å². The van der Waals surface area contributed by atoms with Crippen LogP contribution in [0.4, 0.5) is 4.79 Å². The molecule has 3 unspecified atom stereocenters. The number of rotatable bonds is 5. The molecule has 4 amide bonds. The quantitative estimate of drug-likeness (QED) is 0.784. The molecule has 144 valence electrons. The van der Waals surface area contributed by atoms with Crippen LogP contribution in [0.3, 0.4) is 0 Å². The van der Waals surface area contributed by atoms with E-state index in [-0.39, 0.29) is 30.3 Å². The molecule has 27 heavy (non-hydrogen) atoms. The van der Waals surface area contributed by atoms with Crippen LogP contribution in [0.15, 0.2) is 30.3 Å². The molecular weight excluding hydrogens is 342 g/mol. The van der Waals surface area contributed by atoms with Gasteiger partial charge in [-0.2, -0.15) is 0 Å². The molecule has 6 nitrogen and oxygen atoms in total. The topological polar surface area (TPSA) is 78.5 Å². The van der Waals surface area contributed by atoms with Crippen LogP contribution in [-0.4, -0.2) is 34.8 Å². The standard InChI is InChI=1S/C21H27N3O3/c1-14-7-5-6-12-21(14)19(26)24(20(27)23-21)13-17(25)22-18(16-10-11-16)15-8-3-2-4-9-15/h2-4,8-9,14,16,18H,5-7,10-13H2,1H3,(H,22,25)(H,23,27). The highest BCUT2D eigenvalue weighted by Crippen LogP contribution is 2.41. The molecule has 1 heterocycles. The average Bonchev–Trinajstić information content (AvgIpc) is 3.48. The van der Waals surface area contributed by atoms with E-state index in [1.165, 1.54) is 0 Å². The Kier molecular flexibility index (Phi) is 4.66. The summed E-state index contributed by atoms with van der Waals surface area (Å²) in [6, 6.07) is 9.40. The number of carbonyl (C=O) groups is 3. The van der Waals surface area contributed by atoms with Crippen LogP contribution in [0.2, 0.25) is 0 Å². The summed E-state index contributed by atoms with van der Waals surface area (Å²) in [6.45, 7) is 1.80. The number of nitrogens with zero attached hydrogens (tertiary/aromatic N) is 1. The molecule has 0 bridgehead atoms. The van der Waals surface area contributed by atoms with Crippen molar-refractivity contribution in [3.63, 3.8) is 0 Å². The maximum absolute atomic E-state index is 13.0. The average molecular weight is 369 g/mol. The third-order valence-electron chi connectivity index (χ3n) is 6.37. The Morgan fingerprint density at radius 3 is 2.63 bits per heavy atom. The van der Waals surface area contributed by atoms with Gasteiger partial charge in [0.25, 0.3) is 5.91 Å². The zero-order valence-electron chi connectivity index (χ0n) is 15.7. The number of benzene rings is 1. The zero-order chi connectivity index (χ0) is 19.0. The molecular formula is C21H27N3O3. The minimum absolute atomic E-state index is 0.0537. The molecule has 2 saturated carbocycles. The lowest BCUT2D eigenvalue weighted by atomic mass is 9.73. The molecule has 1 saturated heterocycles. The first-order valence-corrected chi connectivity index (χ1v) is 10.00. The van der Waals surface area contributed by atoms with Crippen molar-refractivity contribution in [3.05, 3.63) is 35.9 Å². The second kappa shape index (κ2) is 6.98. The van der Waals surface area contributed by atoms with Crippen LogP contribution >= 0.6 is 0 Å². The van der Waals surface area contributed by atoms with Crippen molar-refractivity contribution >= 4 is 17.8 Å². The minimum Gasteiger partial charge on any atom is -0.347 e. The number of imide groups is 1. The largest absolute Gasteiger partial charge is 0.347 e. The van der Waals surface area contributed by atoms with Crippen LogP contribution in [-0.2, 0) is 9.59 Å². The van der Waals surface area contributed by atoms with Gasteiger partial charge in [-0.25, -0.2) is 4.79 Å². The van der Waals surface area contributed by atoms with Crippen molar-refractivity contribution in [2.24, 2.45) is 11.8 Å². The van der Waals surface area contributed by atoms with Gasteiger partial charge >= 0.3 is 6.03 Å². The normalized spacial score (nSPS) is 28.9. The first-order valence-electron chi connectivity index (χ1n) is 10.00. The minimum atomic E-state index is -0.815. The maximum atomic E-state index is 13.0. The van der Waals surface area contributed by atoms with E-state index in [1.54, 1.807) is 0 Å². The molecule has 0 radical (unpaired) electrons. The predicted molar refractivity (Wildman–Crippen MR) is 101 cm³/mol. The van der Waals surface area contributed by atoms with Crippen LogP contribution in [0.1, 0.15) is 57.1 Å². The fraction of sp³-hybridized carbons (Fsp3) is 0.571. The van der Waals surface area contributed by atoms with Gasteiger partial charge in [0, 0.05) is 0 Å². The third kappa shape index (κ3) is 3.33. The summed E-state index contributed by atoms with van der Waals surface area (Å²) in [5.41, 5.74) is 0.258. The summed E-state index contributed by atoms with van der Waals surface area (Å²) in [6.07, 6.45) is 5.75. The molecule has 3 aliphatic rings. The van der Waals surface area contributed by atoms with Gasteiger partial charge in [-0.1, -0.05) is 50.1 Å². The molecule has 0 aromatic heterocycles. The van der Waals surface area contributed by atoms with Crippen LogP contribution < -0.4 is 10.6 Å². The summed E-state index contributed by atoms with van der Waals surface area (Å²) in [5, 5.41) is 5.95. The molecule has 3 atom stereocenters. The summed E-state index contributed by atoms with van der Waals surface area (Å²) in [4.78, 5) is 39.2. The van der Waals surface area contributed by atoms with Crippen molar-refractivity contribution in [2.45, 2.75) is 57.0 Å². The monoisotopic (exact) mass is 369 g/mol. The smallest absolute Gasteiger partial charge is 0.325 e. The number of nitrogens with one attached hydrogen (secondary N) is 2. The lowest BCUT2D eigenvalue weighted by Crippen LogP contribution is -2.54. The Morgan fingerprint density at radius 1 is 1.22 bits per heavy atom. The Hall–Kier alpha value is -2.37. The first kappa shape index (κ1) is 18.0. The predicted octanol–water partition coefficient (Wildman–Crippen LogP) is 2.75. The highest BCUT2D eigenvalue weighted by Gasteiger charge is 2.55. The number of amides is 4. The zero-order valence-corrected chi connectivity index (χ0v) is 15.7. The van der Waals surface area contributed by atoms with E-state index >= 15 is 0 Å². The van der Waals surface area contributed by atoms with Gasteiger partial charge in [0.2, 0.25) is 5.91 Å². The van der Waals surface area contributed by atoms with Crippen molar-refractivity contribution in [2.75, 3.05) is 6.54 Å². The summed E-state index contributed by atoms with van der Waals surface area (Å²) in [5.74, 6) is 0.0146. The molecule has 3 fully saturated rings. The van der Waals surface area contributed by atoms with Gasteiger partial charge in [-0.3, -0.25) is 14.5 Å². The maximum Gasteiger partial charge on any atom is 0.325 e. The molecule has 2 N–H and O–H groups in total. The van der Waals surface area contributed by atoms with Crippen molar-refractivity contribution in [1.82, 2.24) is 15.5 Å². The SMILES string of the molecule is CC1CCCCC12NC(=O)N(CC(=O)NC(c1ccccc1)C1CC1)C2=O. The van der Waals surface area contributed by atoms with Gasteiger partial charge in [0.15, 0.2) is 0 Å². The Balaban J connectivity index is 1.45. The fourth-order valence-electron chi connectivity index (χ4n) is 4.56. The summed E-state index contributed by atoms with van der Waals surface area (Å²) >= 11 is 0. The number of hydrogen-bond acceptors (Lipinski definition) is 3. The molecule has 4 rings (SSSR count). The Morgan fingerprint density at radius 2 is 1.96 bits per heavy atom. The third-order valence-corrected chi connectivity index (χ3v) is 6.37. The second-order valence-corrected chi connectivity index (χ2v) is 8.23. The van der Waals surface area contributed by atoms with Crippen LogP contribution in [0, 0.1) is 11.8 Å². The number of hydrogen-bond donors (Lipinski definition) is 2. The lowest BCUT2D eigenvalue weighted by molar-refractivity contribution is -0.137. The Bertz CT molecular complexity index is 746. The van der Waals surface area contributed by atoms with Crippen LogP contribution in [0.25, 0.3) is 0 Å². The van der Waals surface area contributed by atoms with E-state index < -0.39 is 11.6 Å². The molecule has 1 spiro atoms. The molecule has 1 aromatic carbocycles. The van der Waals surface area contributed by atoms with Gasteiger partial charge < -0.3 is 10.6 Å².